The van der Waals surface area contributed by atoms with E-state index in [4.69, 9.17) is 16.7 Å². The molecule has 0 radical (unpaired) electrons. The molecule has 0 atom stereocenters. The molecule has 1 amide bonds. The number of aromatic nitrogens is 3. The van der Waals surface area contributed by atoms with Crippen LogP contribution in [0.1, 0.15) is 20.3 Å². The van der Waals surface area contributed by atoms with Crippen molar-refractivity contribution in [2.45, 2.75) is 0 Å². The summed E-state index contributed by atoms with van der Waals surface area (Å²) in [6.07, 6.45) is 0. The number of carbonyl (C=O) groups excluding carboxylic acids is 1. The number of hydrogen-bond acceptors (Lipinski definition) is 7. The number of benzene rings is 1. The highest BCUT2D eigenvalue weighted by atomic mass is 35.5. The quantitative estimate of drug-likeness (QED) is 0.759. The number of nitrogens with one attached hydrogen (secondary N) is 1. The number of amides is 1. The first-order valence-electron chi connectivity index (χ1n) is 5.47. The average molecular weight is 341 g/mol. The summed E-state index contributed by atoms with van der Waals surface area (Å²) in [5.41, 5.74) is 1.26. The van der Waals surface area contributed by atoms with Gasteiger partial charge >= 0.3 is 5.97 Å². The van der Waals surface area contributed by atoms with Crippen molar-refractivity contribution in [3.05, 3.63) is 33.2 Å². The van der Waals surface area contributed by atoms with Gasteiger partial charge in [0.05, 0.1) is 22.4 Å². The van der Waals surface area contributed by atoms with Crippen LogP contribution in [-0.2, 0) is 0 Å². The molecular weight excluding hydrogens is 336 g/mol. The molecule has 0 aliphatic rings. The Morgan fingerprint density at radius 3 is 2.81 bits per heavy atom. The van der Waals surface area contributed by atoms with Crippen LogP contribution in [0.4, 0.5) is 5.69 Å². The molecule has 0 unspecified atom stereocenters. The number of carboxylic acid groups (broad SMARTS) is 1. The van der Waals surface area contributed by atoms with Crippen molar-refractivity contribution in [1.82, 2.24) is 13.7 Å². The van der Waals surface area contributed by atoms with Gasteiger partial charge in [-0.3, -0.25) is 4.79 Å². The molecule has 1 aromatic carbocycles. The van der Waals surface area contributed by atoms with Gasteiger partial charge in [-0.2, -0.15) is 8.75 Å². The van der Waals surface area contributed by atoms with Crippen molar-refractivity contribution >= 4 is 63.3 Å². The highest BCUT2D eigenvalue weighted by Crippen LogP contribution is 2.30. The number of thiazole rings is 1. The molecule has 0 aliphatic carbocycles. The summed E-state index contributed by atoms with van der Waals surface area (Å²) in [4.78, 5) is 26.6. The van der Waals surface area contributed by atoms with E-state index >= 15 is 0 Å². The summed E-state index contributed by atoms with van der Waals surface area (Å²) >= 11 is 8.00. The first-order chi connectivity index (χ1) is 10.1. The fourth-order valence-electron chi connectivity index (χ4n) is 1.59. The van der Waals surface area contributed by atoms with Crippen molar-refractivity contribution in [3.63, 3.8) is 0 Å². The van der Waals surface area contributed by atoms with Gasteiger partial charge in [0.15, 0.2) is 10.7 Å². The Morgan fingerprint density at radius 2 is 2.10 bits per heavy atom. The fourth-order valence-corrected chi connectivity index (χ4v) is 3.02. The number of nitrogens with zero attached hydrogens (tertiary/aromatic N) is 3. The molecular formula is C11H5ClN4O3S2. The van der Waals surface area contributed by atoms with Gasteiger partial charge in [-0.15, -0.1) is 11.3 Å². The van der Waals surface area contributed by atoms with Gasteiger partial charge in [0.2, 0.25) is 0 Å². The Balaban J connectivity index is 1.94. The van der Waals surface area contributed by atoms with E-state index in [0.717, 1.165) is 23.1 Å². The molecule has 2 heterocycles. The highest BCUT2D eigenvalue weighted by molar-refractivity contribution is 7.12. The van der Waals surface area contributed by atoms with Crippen LogP contribution in [0, 0.1) is 0 Å². The molecule has 2 aromatic heterocycles. The molecule has 10 heteroatoms. The maximum atomic E-state index is 12.1. The predicted octanol–water partition coefficient (Wildman–Crippen LogP) is 2.75. The van der Waals surface area contributed by atoms with E-state index in [1.165, 1.54) is 5.38 Å². The second kappa shape index (κ2) is 5.35. The monoisotopic (exact) mass is 340 g/mol. The number of halogens is 1. The Labute approximate surface area is 130 Å². The first kappa shape index (κ1) is 13.9. The van der Waals surface area contributed by atoms with Crippen molar-refractivity contribution < 1.29 is 14.7 Å². The second-order valence-corrected chi connectivity index (χ2v) is 5.65. The normalized spacial score (nSPS) is 10.7. The van der Waals surface area contributed by atoms with Crippen LogP contribution in [0.3, 0.4) is 0 Å². The fraction of sp³-hybridized carbons (Fsp3) is 0. The van der Waals surface area contributed by atoms with Gasteiger partial charge < -0.3 is 10.4 Å². The number of carbonyl (C=O) groups is 2. The zero-order chi connectivity index (χ0) is 15.0. The number of rotatable bonds is 3. The van der Waals surface area contributed by atoms with Gasteiger partial charge in [-0.05, 0) is 12.1 Å². The third-order valence-corrected chi connectivity index (χ3v) is 4.23. The molecule has 106 valence electrons. The molecule has 3 rings (SSSR count). The molecule has 7 nitrogen and oxygen atoms in total. The van der Waals surface area contributed by atoms with E-state index in [-0.39, 0.29) is 10.7 Å². The highest BCUT2D eigenvalue weighted by Gasteiger charge is 2.18. The zero-order valence-electron chi connectivity index (χ0n) is 10.0. The number of fused-ring (bicyclic) bond motifs is 1. The average Bonchev–Trinajstić information content (AvgIpc) is 3.09. The third-order valence-electron chi connectivity index (χ3n) is 2.53. The smallest absolute Gasteiger partial charge is 0.355 e. The van der Waals surface area contributed by atoms with Crippen LogP contribution in [0.25, 0.3) is 11.0 Å². The van der Waals surface area contributed by atoms with Gasteiger partial charge in [0, 0.05) is 5.38 Å². The molecule has 0 spiro atoms. The van der Waals surface area contributed by atoms with E-state index < -0.39 is 11.9 Å². The Bertz CT molecular complexity index is 860. The zero-order valence-corrected chi connectivity index (χ0v) is 12.4. The van der Waals surface area contributed by atoms with E-state index in [1.807, 2.05) is 0 Å². The summed E-state index contributed by atoms with van der Waals surface area (Å²) in [5, 5.41) is 13.0. The Kier molecular flexibility index (Phi) is 3.53. The van der Waals surface area contributed by atoms with Crippen LogP contribution in [-0.4, -0.2) is 30.7 Å². The van der Waals surface area contributed by atoms with E-state index in [2.05, 4.69) is 19.0 Å². The minimum absolute atomic E-state index is 0.0312. The van der Waals surface area contributed by atoms with Crippen molar-refractivity contribution in [1.29, 1.82) is 0 Å². The molecule has 21 heavy (non-hydrogen) atoms. The summed E-state index contributed by atoms with van der Waals surface area (Å²) < 4.78 is 8.14. The van der Waals surface area contributed by atoms with Crippen LogP contribution in [0.5, 0.6) is 0 Å². The maximum absolute atomic E-state index is 12.1. The summed E-state index contributed by atoms with van der Waals surface area (Å²) in [6.45, 7) is 0. The SMILES string of the molecule is O=C(O)c1csc(C(=O)Nc2c(Cl)ccc3nsnc23)n1. The predicted molar refractivity (Wildman–Crippen MR) is 79.5 cm³/mol. The first-order valence-corrected chi connectivity index (χ1v) is 7.46. The van der Waals surface area contributed by atoms with Crippen LogP contribution >= 0.6 is 34.7 Å². The Morgan fingerprint density at radius 1 is 1.29 bits per heavy atom. The molecule has 0 fully saturated rings. The number of aromatic carboxylic acids is 1. The molecule has 0 saturated heterocycles. The minimum Gasteiger partial charge on any atom is -0.476 e. The molecule has 0 bridgehead atoms. The maximum Gasteiger partial charge on any atom is 0.355 e. The van der Waals surface area contributed by atoms with E-state index in [9.17, 15) is 9.59 Å². The van der Waals surface area contributed by atoms with Crippen LogP contribution in [0.2, 0.25) is 5.02 Å². The van der Waals surface area contributed by atoms with Crippen molar-refractivity contribution in [2.24, 2.45) is 0 Å². The van der Waals surface area contributed by atoms with E-state index in [0.29, 0.717) is 21.7 Å². The lowest BCUT2D eigenvalue weighted by atomic mass is 10.2. The van der Waals surface area contributed by atoms with Gasteiger partial charge in [-0.1, -0.05) is 11.6 Å². The molecule has 0 aliphatic heterocycles. The van der Waals surface area contributed by atoms with Gasteiger partial charge in [0.25, 0.3) is 5.91 Å². The summed E-state index contributed by atoms with van der Waals surface area (Å²) in [6, 6.07) is 3.30. The number of hydrogen-bond donors (Lipinski definition) is 2. The lowest BCUT2D eigenvalue weighted by molar-refractivity contribution is 0.0691. The number of anilines is 1. The molecule has 3 aromatic rings. The van der Waals surface area contributed by atoms with Crippen molar-refractivity contribution in [3.8, 4) is 0 Å². The third kappa shape index (κ3) is 2.58. The summed E-state index contributed by atoms with van der Waals surface area (Å²) in [7, 11) is 0. The Hall–Kier alpha value is -2.10. The van der Waals surface area contributed by atoms with E-state index in [1.54, 1.807) is 12.1 Å². The largest absolute Gasteiger partial charge is 0.476 e. The van der Waals surface area contributed by atoms with Gasteiger partial charge in [0.1, 0.15) is 11.0 Å². The standard InChI is InChI=1S/C11H5ClN4O3S2/c12-4-1-2-5-8(16-21-15-5)7(4)14-9(17)10-13-6(3-20-10)11(18)19/h1-3H,(H,14,17)(H,18,19). The molecule has 0 saturated carbocycles. The lowest BCUT2D eigenvalue weighted by Crippen LogP contribution is -2.13. The van der Waals surface area contributed by atoms with Crippen molar-refractivity contribution in [2.75, 3.05) is 5.32 Å². The molecule has 2 N–H and O–H groups in total. The van der Waals surface area contributed by atoms with Crippen LogP contribution in [0.15, 0.2) is 17.5 Å². The van der Waals surface area contributed by atoms with Crippen LogP contribution < -0.4 is 5.32 Å². The lowest BCUT2D eigenvalue weighted by Gasteiger charge is -2.05. The minimum atomic E-state index is -1.19. The number of carboxylic acids is 1. The second-order valence-electron chi connectivity index (χ2n) is 3.85. The topological polar surface area (TPSA) is 105 Å². The van der Waals surface area contributed by atoms with Gasteiger partial charge in [-0.25, -0.2) is 9.78 Å². The summed E-state index contributed by atoms with van der Waals surface area (Å²) in [5.74, 6) is -1.73.